The normalized spacial score (nSPS) is 23.2. The van der Waals surface area contributed by atoms with Gasteiger partial charge in [-0.05, 0) is 64.5 Å². The molecule has 2 aliphatic heterocycles. The monoisotopic (exact) mass is 402 g/mol. The van der Waals surface area contributed by atoms with Gasteiger partial charge in [-0.3, -0.25) is 14.5 Å². The largest absolute Gasteiger partial charge is 0.497 e. The predicted molar refractivity (Wildman–Crippen MR) is 108 cm³/mol. The number of piperidine rings is 1. The molecule has 4 amide bonds. The summed E-state index contributed by atoms with van der Waals surface area (Å²) in [4.78, 5) is 43.7. The highest BCUT2D eigenvalue weighted by Crippen LogP contribution is 2.30. The zero-order chi connectivity index (χ0) is 21.2. The molecule has 0 bridgehead atoms. The van der Waals surface area contributed by atoms with Gasteiger partial charge in [0.1, 0.15) is 17.8 Å². The molecule has 0 saturated carbocycles. The summed E-state index contributed by atoms with van der Waals surface area (Å²) in [6.45, 7) is 5.79. The van der Waals surface area contributed by atoms with Crippen molar-refractivity contribution >= 4 is 17.8 Å². The van der Waals surface area contributed by atoms with Crippen molar-refractivity contribution in [2.45, 2.75) is 38.3 Å². The Hall–Kier alpha value is -2.61. The van der Waals surface area contributed by atoms with Crippen LogP contribution in [0.25, 0.3) is 0 Å². The minimum atomic E-state index is -1.20. The van der Waals surface area contributed by atoms with E-state index in [2.05, 4.69) is 17.3 Å². The van der Waals surface area contributed by atoms with E-state index >= 15 is 0 Å². The molecule has 2 fully saturated rings. The Bertz CT molecular complexity index is 773. The molecule has 1 atom stereocenters. The summed E-state index contributed by atoms with van der Waals surface area (Å²) in [6, 6.07) is 6.59. The number of carbonyl (C=O) groups is 3. The number of nitrogens with zero attached hydrogens (tertiary/aromatic N) is 3. The van der Waals surface area contributed by atoms with Crippen LogP contribution in [0.15, 0.2) is 24.3 Å². The average Bonchev–Trinajstić information content (AvgIpc) is 2.94. The van der Waals surface area contributed by atoms with Crippen LogP contribution in [0.4, 0.5) is 4.79 Å². The van der Waals surface area contributed by atoms with Crippen molar-refractivity contribution in [1.29, 1.82) is 0 Å². The molecule has 158 valence electrons. The summed E-state index contributed by atoms with van der Waals surface area (Å²) in [6.07, 6.45) is 1.81. The molecule has 0 aromatic heterocycles. The SMILES string of the molecule is CCN(C(=O)CN1C(=O)NC(C)(c2ccc(OC)cc2)C1=O)C1CCN(C)CC1. The first-order valence-electron chi connectivity index (χ1n) is 10.1. The molecular formula is C21H30N4O4. The smallest absolute Gasteiger partial charge is 0.325 e. The molecule has 8 heteroatoms. The maximum absolute atomic E-state index is 13.1. The van der Waals surface area contributed by atoms with E-state index in [0.29, 0.717) is 17.9 Å². The van der Waals surface area contributed by atoms with Gasteiger partial charge in [-0.1, -0.05) is 12.1 Å². The standard InChI is InChI=1S/C21H30N4O4/c1-5-24(16-10-12-23(3)13-11-16)18(26)14-25-19(27)21(2,22-20(25)28)15-6-8-17(29-4)9-7-15/h6-9,16H,5,10-14H2,1-4H3,(H,22,28). The topological polar surface area (TPSA) is 82.2 Å². The van der Waals surface area contributed by atoms with Gasteiger partial charge >= 0.3 is 6.03 Å². The van der Waals surface area contributed by atoms with Crippen molar-refractivity contribution in [3.63, 3.8) is 0 Å². The van der Waals surface area contributed by atoms with Crippen LogP contribution in [0.3, 0.4) is 0 Å². The molecule has 0 radical (unpaired) electrons. The summed E-state index contributed by atoms with van der Waals surface area (Å²) in [5.41, 5.74) is -0.553. The fraction of sp³-hybridized carbons (Fsp3) is 0.571. The molecule has 0 aliphatic carbocycles. The second-order valence-corrected chi connectivity index (χ2v) is 7.89. The van der Waals surface area contributed by atoms with E-state index in [1.807, 2.05) is 6.92 Å². The summed E-state index contributed by atoms with van der Waals surface area (Å²) in [5.74, 6) is 0.0582. The Morgan fingerprint density at radius 2 is 1.86 bits per heavy atom. The highest BCUT2D eigenvalue weighted by Gasteiger charge is 2.49. The van der Waals surface area contributed by atoms with Crippen LogP contribution in [0.5, 0.6) is 5.75 Å². The average molecular weight is 402 g/mol. The summed E-state index contributed by atoms with van der Waals surface area (Å²) >= 11 is 0. The second-order valence-electron chi connectivity index (χ2n) is 7.89. The lowest BCUT2D eigenvalue weighted by atomic mass is 9.92. The number of likely N-dealkylation sites (N-methyl/N-ethyl adjacent to an activating group) is 1. The van der Waals surface area contributed by atoms with Gasteiger partial charge < -0.3 is 19.9 Å². The molecule has 2 heterocycles. The highest BCUT2D eigenvalue weighted by molar-refractivity contribution is 6.09. The number of benzene rings is 1. The predicted octanol–water partition coefficient (Wildman–Crippen LogP) is 1.40. The van der Waals surface area contributed by atoms with Gasteiger partial charge in [-0.15, -0.1) is 0 Å². The molecule has 0 spiro atoms. The van der Waals surface area contributed by atoms with E-state index in [4.69, 9.17) is 4.74 Å². The first-order valence-corrected chi connectivity index (χ1v) is 10.1. The summed E-state index contributed by atoms with van der Waals surface area (Å²) < 4.78 is 5.15. The van der Waals surface area contributed by atoms with Gasteiger partial charge in [0.05, 0.1) is 7.11 Å². The lowest BCUT2D eigenvalue weighted by Gasteiger charge is -2.37. The van der Waals surface area contributed by atoms with Crippen LogP contribution < -0.4 is 10.1 Å². The quantitative estimate of drug-likeness (QED) is 0.728. The number of rotatable bonds is 6. The molecular weight excluding hydrogens is 372 g/mol. The number of urea groups is 1. The van der Waals surface area contributed by atoms with Crippen LogP contribution in [-0.4, -0.2) is 78.9 Å². The second kappa shape index (κ2) is 8.41. The van der Waals surface area contributed by atoms with Crippen molar-refractivity contribution in [3.05, 3.63) is 29.8 Å². The third kappa shape index (κ3) is 4.07. The van der Waals surface area contributed by atoms with E-state index in [9.17, 15) is 14.4 Å². The zero-order valence-electron chi connectivity index (χ0n) is 17.6. The number of imide groups is 1. The molecule has 2 saturated heterocycles. The van der Waals surface area contributed by atoms with Crippen LogP contribution in [-0.2, 0) is 15.1 Å². The number of nitrogens with one attached hydrogen (secondary N) is 1. The number of hydrogen-bond acceptors (Lipinski definition) is 5. The first-order chi connectivity index (χ1) is 13.8. The third-order valence-electron chi connectivity index (χ3n) is 6.03. The summed E-state index contributed by atoms with van der Waals surface area (Å²) in [5, 5.41) is 2.75. The van der Waals surface area contributed by atoms with Crippen LogP contribution >= 0.6 is 0 Å². The van der Waals surface area contributed by atoms with Crippen molar-refractivity contribution < 1.29 is 19.1 Å². The fourth-order valence-electron chi connectivity index (χ4n) is 4.13. The maximum atomic E-state index is 13.1. The molecule has 1 unspecified atom stereocenters. The van der Waals surface area contributed by atoms with Crippen molar-refractivity contribution in [3.8, 4) is 5.75 Å². The Balaban J connectivity index is 1.72. The molecule has 1 aromatic rings. The fourth-order valence-corrected chi connectivity index (χ4v) is 4.13. The molecule has 8 nitrogen and oxygen atoms in total. The van der Waals surface area contributed by atoms with E-state index in [1.165, 1.54) is 0 Å². The number of hydrogen-bond donors (Lipinski definition) is 1. The van der Waals surface area contributed by atoms with Gasteiger partial charge in [0.15, 0.2) is 0 Å². The van der Waals surface area contributed by atoms with Gasteiger partial charge in [-0.25, -0.2) is 4.79 Å². The van der Waals surface area contributed by atoms with Gasteiger partial charge in [0, 0.05) is 12.6 Å². The number of carbonyl (C=O) groups excluding carboxylic acids is 3. The Kier molecular flexibility index (Phi) is 6.12. The van der Waals surface area contributed by atoms with Crippen molar-refractivity contribution in [1.82, 2.24) is 20.0 Å². The van der Waals surface area contributed by atoms with Gasteiger partial charge in [0.2, 0.25) is 5.91 Å². The molecule has 2 aliphatic rings. The van der Waals surface area contributed by atoms with E-state index in [0.717, 1.165) is 30.8 Å². The molecule has 29 heavy (non-hydrogen) atoms. The van der Waals surface area contributed by atoms with Crippen molar-refractivity contribution in [2.24, 2.45) is 0 Å². The molecule has 1 aromatic carbocycles. The van der Waals surface area contributed by atoms with E-state index < -0.39 is 17.5 Å². The van der Waals surface area contributed by atoms with Crippen LogP contribution in [0.1, 0.15) is 32.3 Å². The Morgan fingerprint density at radius 3 is 2.41 bits per heavy atom. The number of ether oxygens (including phenoxy) is 1. The van der Waals surface area contributed by atoms with Crippen molar-refractivity contribution in [2.75, 3.05) is 40.3 Å². The minimum absolute atomic E-state index is 0.150. The van der Waals surface area contributed by atoms with Gasteiger partial charge in [0.25, 0.3) is 5.91 Å². The van der Waals surface area contributed by atoms with E-state index in [1.54, 1.807) is 43.2 Å². The number of methoxy groups -OCH3 is 1. The van der Waals surface area contributed by atoms with Crippen LogP contribution in [0, 0.1) is 0 Å². The zero-order valence-corrected chi connectivity index (χ0v) is 17.6. The first kappa shape index (κ1) is 21.1. The lowest BCUT2D eigenvalue weighted by molar-refractivity contribution is -0.140. The highest BCUT2D eigenvalue weighted by atomic mass is 16.5. The number of likely N-dealkylation sites (tertiary alicyclic amines) is 1. The molecule has 1 N–H and O–H groups in total. The lowest BCUT2D eigenvalue weighted by Crippen LogP contribution is -2.50. The number of amides is 4. The Labute approximate surface area is 171 Å². The van der Waals surface area contributed by atoms with E-state index in [-0.39, 0.29) is 18.5 Å². The summed E-state index contributed by atoms with van der Waals surface area (Å²) in [7, 11) is 3.64. The Morgan fingerprint density at radius 1 is 1.24 bits per heavy atom. The third-order valence-corrected chi connectivity index (χ3v) is 6.03. The van der Waals surface area contributed by atoms with Crippen LogP contribution in [0.2, 0.25) is 0 Å². The van der Waals surface area contributed by atoms with Gasteiger partial charge in [-0.2, -0.15) is 0 Å². The maximum Gasteiger partial charge on any atom is 0.325 e. The molecule has 3 rings (SSSR count). The minimum Gasteiger partial charge on any atom is -0.497 e.